The number of anilines is 1. The molecule has 2 amide bonds. The zero-order valence-electron chi connectivity index (χ0n) is 14.6. The number of methoxy groups -OCH3 is 3. The first-order valence-corrected chi connectivity index (χ1v) is 8.30. The predicted octanol–water partition coefficient (Wildman–Crippen LogP) is 3.41. The van der Waals surface area contributed by atoms with Crippen molar-refractivity contribution in [2.75, 3.05) is 26.2 Å². The number of ether oxygens (including phenoxy) is 3. The standard InChI is InChI=1S/C19H18ClNO5/c1-24-12-5-6-13(17(9-12)26-3)14-10-18(22)21(19(14)23)11-4-7-16(25-2)15(20)8-11/h4-9,14H,10H2,1-3H3. The molecule has 0 N–H and O–H groups in total. The Hall–Kier alpha value is -2.73. The van der Waals surface area contributed by atoms with Gasteiger partial charge in [0.25, 0.3) is 0 Å². The number of carbonyl (C=O) groups is 2. The topological polar surface area (TPSA) is 65.1 Å². The second-order valence-corrected chi connectivity index (χ2v) is 6.16. The molecule has 1 heterocycles. The van der Waals surface area contributed by atoms with Crippen LogP contribution in [0.1, 0.15) is 17.9 Å². The van der Waals surface area contributed by atoms with Crippen molar-refractivity contribution in [3.63, 3.8) is 0 Å². The van der Waals surface area contributed by atoms with Gasteiger partial charge in [-0.25, -0.2) is 4.90 Å². The summed E-state index contributed by atoms with van der Waals surface area (Å²) in [6.07, 6.45) is 0.0607. The fourth-order valence-corrected chi connectivity index (χ4v) is 3.30. The molecule has 1 fully saturated rings. The van der Waals surface area contributed by atoms with Crippen molar-refractivity contribution in [3.8, 4) is 17.2 Å². The molecule has 1 aliphatic heterocycles. The Bertz CT molecular complexity index is 867. The monoisotopic (exact) mass is 375 g/mol. The molecule has 0 spiro atoms. The zero-order chi connectivity index (χ0) is 18.8. The quantitative estimate of drug-likeness (QED) is 0.749. The third-order valence-electron chi connectivity index (χ3n) is 4.36. The Morgan fingerprint density at radius 3 is 2.31 bits per heavy atom. The van der Waals surface area contributed by atoms with Crippen LogP contribution >= 0.6 is 11.6 Å². The largest absolute Gasteiger partial charge is 0.497 e. The van der Waals surface area contributed by atoms with Crippen LogP contribution in [0.25, 0.3) is 0 Å². The van der Waals surface area contributed by atoms with Gasteiger partial charge < -0.3 is 14.2 Å². The normalized spacial score (nSPS) is 16.8. The molecule has 136 valence electrons. The van der Waals surface area contributed by atoms with Gasteiger partial charge in [0, 0.05) is 18.1 Å². The highest BCUT2D eigenvalue weighted by atomic mass is 35.5. The maximum Gasteiger partial charge on any atom is 0.241 e. The van der Waals surface area contributed by atoms with Gasteiger partial charge in [0.1, 0.15) is 17.2 Å². The summed E-state index contributed by atoms with van der Waals surface area (Å²) in [4.78, 5) is 26.6. The zero-order valence-corrected chi connectivity index (χ0v) is 15.4. The van der Waals surface area contributed by atoms with Gasteiger partial charge in [-0.3, -0.25) is 9.59 Å². The smallest absolute Gasteiger partial charge is 0.241 e. The number of nitrogens with zero attached hydrogens (tertiary/aromatic N) is 1. The molecular formula is C19H18ClNO5. The van der Waals surface area contributed by atoms with Gasteiger partial charge in [0.15, 0.2) is 0 Å². The number of rotatable bonds is 5. The summed E-state index contributed by atoms with van der Waals surface area (Å²) >= 11 is 6.13. The molecule has 2 aromatic rings. The molecule has 3 rings (SSSR count). The van der Waals surface area contributed by atoms with Crippen LogP contribution in [-0.4, -0.2) is 33.1 Å². The Labute approximate surface area is 156 Å². The Morgan fingerprint density at radius 1 is 0.962 bits per heavy atom. The van der Waals surface area contributed by atoms with E-state index in [1.54, 1.807) is 43.5 Å². The molecule has 0 radical (unpaired) electrons. The van der Waals surface area contributed by atoms with E-state index in [1.807, 2.05) is 0 Å². The van der Waals surface area contributed by atoms with Crippen molar-refractivity contribution in [2.24, 2.45) is 0 Å². The van der Waals surface area contributed by atoms with E-state index in [2.05, 4.69) is 0 Å². The lowest BCUT2D eigenvalue weighted by atomic mass is 9.96. The van der Waals surface area contributed by atoms with Crippen molar-refractivity contribution in [1.82, 2.24) is 0 Å². The van der Waals surface area contributed by atoms with Gasteiger partial charge in [-0.15, -0.1) is 0 Å². The van der Waals surface area contributed by atoms with Crippen LogP contribution in [-0.2, 0) is 9.59 Å². The lowest BCUT2D eigenvalue weighted by Gasteiger charge is -2.17. The number of amides is 2. The van der Waals surface area contributed by atoms with Crippen LogP contribution < -0.4 is 19.1 Å². The van der Waals surface area contributed by atoms with Crippen LogP contribution in [0.4, 0.5) is 5.69 Å². The van der Waals surface area contributed by atoms with Gasteiger partial charge in [-0.2, -0.15) is 0 Å². The van der Waals surface area contributed by atoms with Crippen LogP contribution in [0, 0.1) is 0 Å². The Balaban J connectivity index is 1.96. The molecule has 26 heavy (non-hydrogen) atoms. The van der Waals surface area contributed by atoms with Crippen LogP contribution in [0.2, 0.25) is 5.02 Å². The van der Waals surface area contributed by atoms with E-state index in [0.717, 1.165) is 4.90 Å². The molecule has 1 aliphatic rings. The molecule has 0 aromatic heterocycles. The van der Waals surface area contributed by atoms with E-state index >= 15 is 0 Å². The minimum absolute atomic E-state index is 0.0607. The summed E-state index contributed by atoms with van der Waals surface area (Å²) in [6.45, 7) is 0. The fourth-order valence-electron chi connectivity index (χ4n) is 3.05. The SMILES string of the molecule is COc1ccc(C2CC(=O)N(c3ccc(OC)c(Cl)c3)C2=O)c(OC)c1. The van der Waals surface area contributed by atoms with E-state index in [-0.39, 0.29) is 18.2 Å². The second kappa shape index (κ2) is 7.25. The molecule has 6 nitrogen and oxygen atoms in total. The number of halogens is 1. The first kappa shape index (κ1) is 18.1. The lowest BCUT2D eigenvalue weighted by molar-refractivity contribution is -0.121. The summed E-state index contributed by atoms with van der Waals surface area (Å²) in [7, 11) is 4.56. The van der Waals surface area contributed by atoms with Crippen molar-refractivity contribution < 1.29 is 23.8 Å². The Morgan fingerprint density at radius 2 is 1.69 bits per heavy atom. The molecule has 0 saturated carbocycles. The first-order chi connectivity index (χ1) is 12.5. The number of hydrogen-bond acceptors (Lipinski definition) is 5. The molecule has 0 bridgehead atoms. The highest BCUT2D eigenvalue weighted by Crippen LogP contribution is 2.40. The third-order valence-corrected chi connectivity index (χ3v) is 4.65. The van der Waals surface area contributed by atoms with Crippen LogP contribution in [0.15, 0.2) is 36.4 Å². The van der Waals surface area contributed by atoms with E-state index in [9.17, 15) is 9.59 Å². The third kappa shape index (κ3) is 3.08. The van der Waals surface area contributed by atoms with Crippen molar-refractivity contribution in [3.05, 3.63) is 47.0 Å². The number of carbonyl (C=O) groups excluding carboxylic acids is 2. The number of imide groups is 1. The fraction of sp³-hybridized carbons (Fsp3) is 0.263. The number of benzene rings is 2. The molecule has 2 aromatic carbocycles. The van der Waals surface area contributed by atoms with E-state index in [0.29, 0.717) is 33.5 Å². The minimum atomic E-state index is -0.621. The highest BCUT2D eigenvalue weighted by Gasteiger charge is 2.41. The highest BCUT2D eigenvalue weighted by molar-refractivity contribution is 6.33. The molecule has 0 aliphatic carbocycles. The van der Waals surface area contributed by atoms with Crippen LogP contribution in [0.3, 0.4) is 0 Å². The summed E-state index contributed by atoms with van der Waals surface area (Å²) in [6, 6.07) is 9.98. The molecule has 1 unspecified atom stereocenters. The van der Waals surface area contributed by atoms with Gasteiger partial charge in [0.05, 0.1) is 38.0 Å². The lowest BCUT2D eigenvalue weighted by Crippen LogP contribution is -2.30. The average molecular weight is 376 g/mol. The Kier molecular flexibility index (Phi) is 5.04. The molecular weight excluding hydrogens is 358 g/mol. The summed E-state index contributed by atoms with van der Waals surface area (Å²) in [5.41, 5.74) is 1.06. The van der Waals surface area contributed by atoms with Gasteiger partial charge in [-0.05, 0) is 24.3 Å². The maximum atomic E-state index is 12.9. The minimum Gasteiger partial charge on any atom is -0.497 e. The van der Waals surface area contributed by atoms with E-state index < -0.39 is 5.92 Å². The van der Waals surface area contributed by atoms with Gasteiger partial charge in [-0.1, -0.05) is 17.7 Å². The average Bonchev–Trinajstić information content (AvgIpc) is 2.95. The van der Waals surface area contributed by atoms with E-state index in [1.165, 1.54) is 14.2 Å². The van der Waals surface area contributed by atoms with Crippen molar-refractivity contribution >= 4 is 29.1 Å². The number of hydrogen-bond donors (Lipinski definition) is 0. The van der Waals surface area contributed by atoms with Crippen molar-refractivity contribution in [2.45, 2.75) is 12.3 Å². The first-order valence-electron chi connectivity index (χ1n) is 7.92. The maximum absolute atomic E-state index is 12.9. The summed E-state index contributed by atoms with van der Waals surface area (Å²) in [5.74, 6) is 0.359. The molecule has 7 heteroatoms. The second-order valence-electron chi connectivity index (χ2n) is 5.75. The van der Waals surface area contributed by atoms with Gasteiger partial charge in [0.2, 0.25) is 11.8 Å². The summed E-state index contributed by atoms with van der Waals surface area (Å²) in [5, 5.41) is 0.330. The van der Waals surface area contributed by atoms with Crippen molar-refractivity contribution in [1.29, 1.82) is 0 Å². The summed E-state index contributed by atoms with van der Waals surface area (Å²) < 4.78 is 15.7. The van der Waals surface area contributed by atoms with Gasteiger partial charge >= 0.3 is 0 Å². The molecule has 1 atom stereocenters. The predicted molar refractivity (Wildman–Crippen MR) is 97.4 cm³/mol. The van der Waals surface area contributed by atoms with Crippen LogP contribution in [0.5, 0.6) is 17.2 Å². The molecule has 1 saturated heterocycles. The van der Waals surface area contributed by atoms with E-state index in [4.69, 9.17) is 25.8 Å².